The van der Waals surface area contributed by atoms with Crippen molar-refractivity contribution in [2.24, 2.45) is 5.92 Å². The molecular weight excluding hydrogens is 350 g/mol. The molecule has 3 heterocycles. The van der Waals surface area contributed by atoms with Gasteiger partial charge in [-0.05, 0) is 50.7 Å². The number of hydrogen-bond donors (Lipinski definition) is 1. The van der Waals surface area contributed by atoms with Crippen molar-refractivity contribution < 1.29 is 4.79 Å². The molecule has 2 aromatic rings. The van der Waals surface area contributed by atoms with Crippen molar-refractivity contribution in [3.8, 4) is 11.4 Å². The number of pyridine rings is 1. The van der Waals surface area contributed by atoms with E-state index in [1.54, 1.807) is 6.20 Å². The van der Waals surface area contributed by atoms with Gasteiger partial charge in [0.25, 0.3) is 0 Å². The molecule has 1 saturated heterocycles. The van der Waals surface area contributed by atoms with Gasteiger partial charge in [0.05, 0.1) is 0 Å². The summed E-state index contributed by atoms with van der Waals surface area (Å²) in [4.78, 5) is 23.6. The van der Waals surface area contributed by atoms with E-state index >= 15 is 0 Å². The van der Waals surface area contributed by atoms with Crippen LogP contribution in [0.2, 0.25) is 0 Å². The number of carbonyl (C=O) groups is 1. The van der Waals surface area contributed by atoms with Gasteiger partial charge in [-0.3, -0.25) is 4.98 Å². The largest absolute Gasteiger partial charge is 0.335 e. The number of rotatable bonds is 4. The fraction of sp³-hybridized carbons (Fsp3) is 0.591. The van der Waals surface area contributed by atoms with Crippen LogP contribution in [0.3, 0.4) is 0 Å². The quantitative estimate of drug-likeness (QED) is 0.870. The summed E-state index contributed by atoms with van der Waals surface area (Å²) >= 11 is 0. The first-order valence-electron chi connectivity index (χ1n) is 10.7. The predicted octanol–water partition coefficient (Wildman–Crippen LogP) is 4.01. The minimum atomic E-state index is 0.131. The highest BCUT2D eigenvalue weighted by atomic mass is 16.2. The van der Waals surface area contributed by atoms with Crippen molar-refractivity contribution in [3.63, 3.8) is 0 Å². The topological polar surface area (TPSA) is 63.1 Å². The summed E-state index contributed by atoms with van der Waals surface area (Å²) in [6.45, 7) is 4.68. The van der Waals surface area contributed by atoms with Gasteiger partial charge in [-0.2, -0.15) is 0 Å². The lowest BCUT2D eigenvalue weighted by molar-refractivity contribution is 0.154. The molecule has 0 radical (unpaired) electrons. The zero-order valence-corrected chi connectivity index (χ0v) is 16.8. The van der Waals surface area contributed by atoms with Crippen molar-refractivity contribution in [2.75, 3.05) is 13.1 Å². The lowest BCUT2D eigenvalue weighted by Gasteiger charge is -2.35. The Labute approximate surface area is 167 Å². The van der Waals surface area contributed by atoms with Crippen LogP contribution in [0.15, 0.2) is 30.7 Å². The molecule has 2 aromatic heterocycles. The molecule has 1 N–H and O–H groups in total. The molecule has 1 atom stereocenters. The summed E-state index contributed by atoms with van der Waals surface area (Å²) in [5.74, 6) is 1.42. The number of nitrogens with one attached hydrogen (secondary N) is 1. The van der Waals surface area contributed by atoms with Crippen molar-refractivity contribution in [1.82, 2.24) is 24.8 Å². The second-order valence-electron chi connectivity index (χ2n) is 8.31. The molecule has 0 aromatic carbocycles. The van der Waals surface area contributed by atoms with E-state index in [0.29, 0.717) is 12.0 Å². The van der Waals surface area contributed by atoms with Crippen LogP contribution < -0.4 is 5.32 Å². The lowest BCUT2D eigenvalue weighted by atomic mass is 9.95. The average Bonchev–Trinajstić information content (AvgIpc) is 3.10. The summed E-state index contributed by atoms with van der Waals surface area (Å²) in [5, 5.41) is 3.28. The molecule has 1 aliphatic carbocycles. The van der Waals surface area contributed by atoms with Crippen LogP contribution in [-0.4, -0.2) is 44.6 Å². The summed E-state index contributed by atoms with van der Waals surface area (Å²) in [5.41, 5.74) is 2.20. The normalized spacial score (nSPS) is 20.9. The Kier molecular flexibility index (Phi) is 5.93. The number of imidazole rings is 1. The van der Waals surface area contributed by atoms with E-state index in [9.17, 15) is 4.79 Å². The van der Waals surface area contributed by atoms with Gasteiger partial charge < -0.3 is 14.8 Å². The molecule has 2 aliphatic rings. The van der Waals surface area contributed by atoms with Gasteiger partial charge >= 0.3 is 6.03 Å². The van der Waals surface area contributed by atoms with Crippen molar-refractivity contribution >= 4 is 6.03 Å². The smallest absolute Gasteiger partial charge is 0.317 e. The number of hydrogen-bond acceptors (Lipinski definition) is 3. The van der Waals surface area contributed by atoms with Gasteiger partial charge in [0.15, 0.2) is 0 Å². The molecule has 2 amide bonds. The molecule has 0 spiro atoms. The monoisotopic (exact) mass is 381 g/mol. The van der Waals surface area contributed by atoms with Crippen LogP contribution in [0.25, 0.3) is 11.4 Å². The Morgan fingerprint density at radius 3 is 2.82 bits per heavy atom. The molecule has 1 saturated carbocycles. The molecule has 0 bridgehead atoms. The van der Waals surface area contributed by atoms with Gasteiger partial charge in [0, 0.05) is 55.5 Å². The maximum atomic E-state index is 12.8. The van der Waals surface area contributed by atoms with Crippen LogP contribution in [0.5, 0.6) is 0 Å². The van der Waals surface area contributed by atoms with E-state index in [-0.39, 0.29) is 6.03 Å². The Balaban J connectivity index is 1.40. The minimum Gasteiger partial charge on any atom is -0.335 e. The number of urea groups is 1. The maximum absolute atomic E-state index is 12.8. The van der Waals surface area contributed by atoms with Crippen LogP contribution in [0.4, 0.5) is 4.79 Å². The molecule has 6 nitrogen and oxygen atoms in total. The van der Waals surface area contributed by atoms with E-state index < -0.39 is 0 Å². The fourth-order valence-electron chi connectivity index (χ4n) is 4.59. The summed E-state index contributed by atoms with van der Waals surface area (Å²) in [7, 11) is 0. The number of carbonyl (C=O) groups excluding carboxylic acids is 1. The number of amides is 2. The van der Waals surface area contributed by atoms with Gasteiger partial charge in [-0.15, -0.1) is 0 Å². The van der Waals surface area contributed by atoms with Crippen molar-refractivity contribution in [3.05, 3.63) is 36.4 Å². The number of piperidine rings is 1. The van der Waals surface area contributed by atoms with E-state index in [1.807, 2.05) is 23.4 Å². The third-order valence-corrected chi connectivity index (χ3v) is 6.15. The second kappa shape index (κ2) is 8.76. The van der Waals surface area contributed by atoms with Crippen molar-refractivity contribution in [1.29, 1.82) is 0 Å². The molecule has 4 rings (SSSR count). The Morgan fingerprint density at radius 1 is 1.18 bits per heavy atom. The molecule has 150 valence electrons. The van der Waals surface area contributed by atoms with Crippen LogP contribution in [0.1, 0.15) is 50.6 Å². The summed E-state index contributed by atoms with van der Waals surface area (Å²) in [6.07, 6.45) is 13.8. The lowest BCUT2D eigenvalue weighted by Crippen LogP contribution is -2.49. The number of nitrogens with zero attached hydrogens (tertiary/aromatic N) is 4. The SMILES string of the molecule is Cc1cnc(-c2cccnc2)n1CC1CCCN(C(=O)NC2CCCCC2)C1. The highest BCUT2D eigenvalue weighted by molar-refractivity contribution is 5.74. The molecule has 1 aliphatic heterocycles. The first kappa shape index (κ1) is 19.0. The minimum absolute atomic E-state index is 0.131. The molecule has 1 unspecified atom stereocenters. The van der Waals surface area contributed by atoms with Gasteiger partial charge in [0.2, 0.25) is 0 Å². The van der Waals surface area contributed by atoms with Gasteiger partial charge in [-0.1, -0.05) is 19.3 Å². The standard InChI is InChI=1S/C22H31N5O/c1-17-13-24-21(19-8-5-11-23-14-19)27(17)16-18-7-6-12-26(15-18)22(28)25-20-9-3-2-4-10-20/h5,8,11,13-14,18,20H,2-4,6-7,9-10,12,15-16H2,1H3,(H,25,28). The first-order valence-corrected chi connectivity index (χ1v) is 10.7. The average molecular weight is 382 g/mol. The zero-order valence-electron chi connectivity index (χ0n) is 16.8. The van der Waals surface area contributed by atoms with Crippen LogP contribution >= 0.6 is 0 Å². The van der Waals surface area contributed by atoms with Crippen LogP contribution in [0, 0.1) is 12.8 Å². The summed E-state index contributed by atoms with van der Waals surface area (Å²) < 4.78 is 2.28. The number of likely N-dealkylation sites (tertiary alicyclic amines) is 1. The summed E-state index contributed by atoms with van der Waals surface area (Å²) in [6, 6.07) is 4.50. The molecule has 2 fully saturated rings. The van der Waals surface area contributed by atoms with Gasteiger partial charge in [0.1, 0.15) is 5.82 Å². The third kappa shape index (κ3) is 4.37. The predicted molar refractivity (Wildman–Crippen MR) is 110 cm³/mol. The molecule has 28 heavy (non-hydrogen) atoms. The van der Waals surface area contributed by atoms with E-state index in [1.165, 1.54) is 19.3 Å². The highest BCUT2D eigenvalue weighted by Crippen LogP contribution is 2.24. The Morgan fingerprint density at radius 2 is 2.04 bits per heavy atom. The van der Waals surface area contributed by atoms with Gasteiger partial charge in [-0.25, -0.2) is 9.78 Å². The van der Waals surface area contributed by atoms with Crippen molar-refractivity contribution in [2.45, 2.75) is 64.5 Å². The first-order chi connectivity index (χ1) is 13.7. The third-order valence-electron chi connectivity index (χ3n) is 6.15. The Hall–Kier alpha value is -2.37. The van der Waals surface area contributed by atoms with E-state index in [4.69, 9.17) is 0 Å². The fourth-order valence-corrected chi connectivity index (χ4v) is 4.59. The maximum Gasteiger partial charge on any atom is 0.317 e. The second-order valence-corrected chi connectivity index (χ2v) is 8.31. The molecule has 6 heteroatoms. The number of aromatic nitrogens is 3. The Bertz CT molecular complexity index is 781. The van der Waals surface area contributed by atoms with E-state index in [0.717, 1.165) is 62.4 Å². The van der Waals surface area contributed by atoms with E-state index in [2.05, 4.69) is 32.8 Å². The van der Waals surface area contributed by atoms with Crippen LogP contribution in [-0.2, 0) is 6.54 Å². The highest BCUT2D eigenvalue weighted by Gasteiger charge is 2.26. The zero-order chi connectivity index (χ0) is 19.3. The number of aryl methyl sites for hydroxylation is 1. The molecular formula is C22H31N5O.